The van der Waals surface area contributed by atoms with E-state index in [1.165, 1.54) is 89.9 Å². The number of unbranched alkanes of at least 4 members (excludes halogenated alkanes) is 18. The zero-order chi connectivity index (χ0) is 27.2. The molecule has 0 rings (SSSR count). The molecular weight excluding hydrogens is 460 g/mol. The van der Waals surface area contributed by atoms with Gasteiger partial charge in [-0.1, -0.05) is 122 Å². The van der Waals surface area contributed by atoms with Crippen molar-refractivity contribution in [1.29, 1.82) is 0 Å². The molecule has 0 radical (unpaired) electrons. The number of carbonyl (C=O) groups is 2. The Balaban J connectivity index is 3.69. The van der Waals surface area contributed by atoms with E-state index in [2.05, 4.69) is 26.0 Å². The second-order valence-electron chi connectivity index (χ2n) is 11.0. The number of carbonyl (C=O) groups excluding carboxylic acids is 1. The molecule has 4 heteroatoms. The first kappa shape index (κ1) is 35.7. The average molecular weight is 523 g/mol. The van der Waals surface area contributed by atoms with E-state index in [0.717, 1.165) is 64.2 Å². The maximum atomic E-state index is 12.4. The summed E-state index contributed by atoms with van der Waals surface area (Å²) in [5.41, 5.74) is 0. The van der Waals surface area contributed by atoms with Crippen LogP contribution in [-0.2, 0) is 14.3 Å². The van der Waals surface area contributed by atoms with E-state index < -0.39 is 5.97 Å². The van der Waals surface area contributed by atoms with Crippen LogP contribution in [0.5, 0.6) is 0 Å². The smallest absolute Gasteiger partial charge is 0.306 e. The van der Waals surface area contributed by atoms with Crippen molar-refractivity contribution in [2.24, 2.45) is 0 Å². The molecular formula is C33H62O4. The van der Waals surface area contributed by atoms with Gasteiger partial charge in [0.2, 0.25) is 0 Å². The Hall–Kier alpha value is -1.32. The van der Waals surface area contributed by atoms with Crippen LogP contribution < -0.4 is 0 Å². The first-order valence-electron chi connectivity index (χ1n) is 16.2. The van der Waals surface area contributed by atoms with E-state index >= 15 is 0 Å². The number of carboxylic acid groups (broad SMARTS) is 1. The summed E-state index contributed by atoms with van der Waals surface area (Å²) in [7, 11) is 0. The number of hydrogen-bond acceptors (Lipinski definition) is 3. The summed E-state index contributed by atoms with van der Waals surface area (Å²) in [4.78, 5) is 22.9. The van der Waals surface area contributed by atoms with Crippen LogP contribution in [0.2, 0.25) is 0 Å². The number of aliphatic carboxylic acids is 1. The Morgan fingerprint density at radius 1 is 0.568 bits per heavy atom. The number of carboxylic acids is 1. The van der Waals surface area contributed by atoms with Gasteiger partial charge in [0, 0.05) is 12.8 Å². The molecule has 0 aliphatic heterocycles. The van der Waals surface area contributed by atoms with Gasteiger partial charge in [-0.05, 0) is 57.8 Å². The fourth-order valence-electron chi connectivity index (χ4n) is 4.81. The standard InChI is InChI=1S/C33H62O4/c1-3-5-7-8-9-10-11-12-13-14-15-20-23-26-30-33(36)37-31(27-6-4-2)28-24-21-18-16-17-19-22-25-29-32(34)35/h10-11,31H,3-9,12-30H2,1-2H3,(H,34,35)/b11-10-. The quantitative estimate of drug-likeness (QED) is 0.0602. The fraction of sp³-hybridized carbons (Fsp3) is 0.879. The minimum atomic E-state index is -0.684. The van der Waals surface area contributed by atoms with Crippen LogP contribution in [0.25, 0.3) is 0 Å². The largest absolute Gasteiger partial charge is 0.481 e. The summed E-state index contributed by atoms with van der Waals surface area (Å²) < 4.78 is 5.86. The van der Waals surface area contributed by atoms with Gasteiger partial charge in [-0.3, -0.25) is 9.59 Å². The van der Waals surface area contributed by atoms with Crippen LogP contribution in [0.4, 0.5) is 0 Å². The van der Waals surface area contributed by atoms with Gasteiger partial charge >= 0.3 is 11.9 Å². The van der Waals surface area contributed by atoms with Crippen molar-refractivity contribution in [2.75, 3.05) is 0 Å². The van der Waals surface area contributed by atoms with E-state index in [9.17, 15) is 9.59 Å². The topological polar surface area (TPSA) is 63.6 Å². The first-order chi connectivity index (χ1) is 18.1. The summed E-state index contributed by atoms with van der Waals surface area (Å²) in [6.07, 6.45) is 34.0. The maximum Gasteiger partial charge on any atom is 0.306 e. The zero-order valence-electron chi connectivity index (χ0n) is 24.8. The van der Waals surface area contributed by atoms with Gasteiger partial charge in [-0.15, -0.1) is 0 Å². The van der Waals surface area contributed by atoms with Crippen molar-refractivity contribution in [3.05, 3.63) is 12.2 Å². The van der Waals surface area contributed by atoms with Gasteiger partial charge in [-0.2, -0.15) is 0 Å². The van der Waals surface area contributed by atoms with Crippen LogP contribution in [0.1, 0.15) is 181 Å². The Morgan fingerprint density at radius 3 is 1.54 bits per heavy atom. The molecule has 1 atom stereocenters. The lowest BCUT2D eigenvalue weighted by Crippen LogP contribution is -2.18. The van der Waals surface area contributed by atoms with Crippen molar-refractivity contribution in [1.82, 2.24) is 0 Å². The molecule has 1 N–H and O–H groups in total. The van der Waals surface area contributed by atoms with Gasteiger partial charge in [0.25, 0.3) is 0 Å². The second kappa shape index (κ2) is 29.2. The van der Waals surface area contributed by atoms with Gasteiger partial charge < -0.3 is 9.84 Å². The number of ether oxygens (including phenoxy) is 1. The van der Waals surface area contributed by atoms with E-state index in [1.54, 1.807) is 0 Å². The minimum Gasteiger partial charge on any atom is -0.481 e. The summed E-state index contributed by atoms with van der Waals surface area (Å²) in [5, 5.41) is 8.66. The molecule has 0 aromatic heterocycles. The molecule has 0 saturated carbocycles. The zero-order valence-corrected chi connectivity index (χ0v) is 24.8. The molecule has 0 aromatic rings. The monoisotopic (exact) mass is 522 g/mol. The Kier molecular flexibility index (Phi) is 28.2. The van der Waals surface area contributed by atoms with E-state index in [1.807, 2.05) is 0 Å². The second-order valence-corrected chi connectivity index (χ2v) is 11.0. The SMILES string of the molecule is CCCCCC/C=C\CCCCCCCCC(=O)OC(CCCC)CCCCCCCCCCC(=O)O. The van der Waals surface area contributed by atoms with Crippen molar-refractivity contribution in [3.63, 3.8) is 0 Å². The molecule has 0 saturated heterocycles. The molecule has 0 aromatic carbocycles. The van der Waals surface area contributed by atoms with Crippen molar-refractivity contribution in [2.45, 2.75) is 187 Å². The Labute approximate surface area is 230 Å². The summed E-state index contributed by atoms with van der Waals surface area (Å²) in [6.45, 7) is 4.45. The predicted molar refractivity (Wildman–Crippen MR) is 158 cm³/mol. The molecule has 0 fully saturated rings. The van der Waals surface area contributed by atoms with E-state index in [4.69, 9.17) is 9.84 Å². The highest BCUT2D eigenvalue weighted by atomic mass is 16.5. The highest BCUT2D eigenvalue weighted by molar-refractivity contribution is 5.69. The van der Waals surface area contributed by atoms with Crippen molar-refractivity contribution < 1.29 is 19.4 Å². The normalized spacial score (nSPS) is 12.3. The molecule has 37 heavy (non-hydrogen) atoms. The average Bonchev–Trinajstić information content (AvgIpc) is 2.88. The minimum absolute atomic E-state index is 0.00605. The Bertz CT molecular complexity index is 528. The van der Waals surface area contributed by atoms with Gasteiger partial charge in [-0.25, -0.2) is 0 Å². The van der Waals surface area contributed by atoms with Gasteiger partial charge in [0.1, 0.15) is 6.10 Å². The third kappa shape index (κ3) is 29.1. The van der Waals surface area contributed by atoms with Gasteiger partial charge in [0.15, 0.2) is 0 Å². The molecule has 0 aliphatic rings. The third-order valence-electron chi connectivity index (χ3n) is 7.24. The fourth-order valence-corrected chi connectivity index (χ4v) is 4.81. The summed E-state index contributed by atoms with van der Waals surface area (Å²) in [6, 6.07) is 0. The predicted octanol–water partition coefficient (Wildman–Crippen LogP) is 10.7. The lowest BCUT2D eigenvalue weighted by molar-refractivity contribution is -0.150. The molecule has 0 heterocycles. The molecule has 0 bridgehead atoms. The van der Waals surface area contributed by atoms with Crippen molar-refractivity contribution in [3.8, 4) is 0 Å². The first-order valence-corrected chi connectivity index (χ1v) is 16.2. The summed E-state index contributed by atoms with van der Waals surface area (Å²) in [5.74, 6) is -0.678. The van der Waals surface area contributed by atoms with Crippen LogP contribution in [0.3, 0.4) is 0 Å². The number of rotatable bonds is 29. The molecule has 4 nitrogen and oxygen atoms in total. The maximum absolute atomic E-state index is 12.4. The molecule has 1 unspecified atom stereocenters. The number of allylic oxidation sites excluding steroid dienone is 2. The highest BCUT2D eigenvalue weighted by Crippen LogP contribution is 2.17. The van der Waals surface area contributed by atoms with Crippen molar-refractivity contribution >= 4 is 11.9 Å². The molecule has 0 amide bonds. The van der Waals surface area contributed by atoms with Gasteiger partial charge in [0.05, 0.1) is 0 Å². The molecule has 0 aliphatic carbocycles. The van der Waals surface area contributed by atoms with Crippen LogP contribution in [-0.4, -0.2) is 23.1 Å². The van der Waals surface area contributed by atoms with E-state index in [-0.39, 0.29) is 12.1 Å². The van der Waals surface area contributed by atoms with Crippen LogP contribution in [0, 0.1) is 0 Å². The lowest BCUT2D eigenvalue weighted by Gasteiger charge is -2.18. The van der Waals surface area contributed by atoms with Crippen LogP contribution in [0.15, 0.2) is 12.2 Å². The van der Waals surface area contributed by atoms with E-state index in [0.29, 0.717) is 12.8 Å². The number of esters is 1. The third-order valence-corrected chi connectivity index (χ3v) is 7.24. The molecule has 218 valence electrons. The number of hydrogen-bond donors (Lipinski definition) is 1. The Morgan fingerprint density at radius 2 is 1.00 bits per heavy atom. The van der Waals surface area contributed by atoms with Crippen LogP contribution >= 0.6 is 0 Å². The lowest BCUT2D eigenvalue weighted by atomic mass is 10.0. The summed E-state index contributed by atoms with van der Waals surface area (Å²) >= 11 is 0. The highest BCUT2D eigenvalue weighted by Gasteiger charge is 2.13. The molecule has 0 spiro atoms.